The van der Waals surface area contributed by atoms with Crippen molar-refractivity contribution in [1.82, 2.24) is 9.88 Å². The van der Waals surface area contributed by atoms with Crippen LogP contribution in [0.1, 0.15) is 40.3 Å². The average Bonchev–Trinajstić information content (AvgIpc) is 3.26. The number of nitrogens with zero attached hydrogens (tertiary/aromatic N) is 2. The number of aryl methyl sites for hydroxylation is 1. The van der Waals surface area contributed by atoms with Crippen molar-refractivity contribution in [3.8, 4) is 0 Å². The van der Waals surface area contributed by atoms with Gasteiger partial charge < -0.3 is 5.32 Å². The molecule has 5 rings (SSSR count). The van der Waals surface area contributed by atoms with E-state index in [4.69, 9.17) is 11.6 Å². The Morgan fingerprint density at radius 2 is 1.66 bits per heavy atom. The largest absolute Gasteiger partial charge is 0.350 e. The summed E-state index contributed by atoms with van der Waals surface area (Å²) in [5.41, 5.74) is 1.37. The van der Waals surface area contributed by atoms with E-state index in [9.17, 15) is 14.4 Å². The topological polar surface area (TPSA) is 71.4 Å². The van der Waals surface area contributed by atoms with E-state index in [1.807, 2.05) is 49.4 Å². The summed E-state index contributed by atoms with van der Waals surface area (Å²) in [5.74, 6) is -1.49. The number of amides is 2. The lowest BCUT2D eigenvalue weighted by Gasteiger charge is -2.42. The lowest BCUT2D eigenvalue weighted by Crippen LogP contribution is -2.68. The first kappa shape index (κ1) is 22.9. The number of halogens is 1. The number of aromatic nitrogens is 1. The highest BCUT2D eigenvalue weighted by Gasteiger charge is 2.55. The van der Waals surface area contributed by atoms with Crippen LogP contribution in [0.4, 0.5) is 5.69 Å². The van der Waals surface area contributed by atoms with E-state index in [0.29, 0.717) is 21.6 Å². The summed E-state index contributed by atoms with van der Waals surface area (Å²) in [6, 6.07) is 23.5. The number of rotatable bonds is 5. The molecule has 1 unspecified atom stereocenters. The first-order valence-electron chi connectivity index (χ1n) is 11.5. The Labute approximate surface area is 208 Å². The van der Waals surface area contributed by atoms with Crippen molar-refractivity contribution < 1.29 is 14.4 Å². The maximum Gasteiger partial charge on any atom is 0.276 e. The predicted octanol–water partition coefficient (Wildman–Crippen LogP) is 5.23. The van der Waals surface area contributed by atoms with Crippen molar-refractivity contribution in [2.75, 3.05) is 4.90 Å². The Kier molecular flexibility index (Phi) is 5.69. The van der Waals surface area contributed by atoms with Gasteiger partial charge in [0.05, 0.1) is 5.52 Å². The quantitative estimate of drug-likeness (QED) is 0.393. The fraction of sp³-hybridized carbons (Fsp3) is 0.179. The number of anilines is 1. The molecule has 1 aliphatic rings. The zero-order valence-electron chi connectivity index (χ0n) is 19.4. The van der Waals surface area contributed by atoms with Crippen LogP contribution >= 0.6 is 11.6 Å². The van der Waals surface area contributed by atoms with E-state index in [-0.39, 0.29) is 12.2 Å². The molecule has 6 nitrogen and oxygen atoms in total. The Morgan fingerprint density at radius 3 is 2.34 bits per heavy atom. The first-order valence-corrected chi connectivity index (χ1v) is 11.8. The van der Waals surface area contributed by atoms with Gasteiger partial charge in [-0.3, -0.25) is 23.9 Å². The van der Waals surface area contributed by atoms with Crippen LogP contribution in [-0.4, -0.2) is 27.8 Å². The van der Waals surface area contributed by atoms with E-state index >= 15 is 0 Å². The van der Waals surface area contributed by atoms with Crippen molar-refractivity contribution in [2.24, 2.45) is 0 Å². The highest BCUT2D eigenvalue weighted by atomic mass is 35.5. The van der Waals surface area contributed by atoms with Crippen molar-refractivity contribution >= 4 is 45.9 Å². The summed E-state index contributed by atoms with van der Waals surface area (Å²) >= 11 is 6.16. The van der Waals surface area contributed by atoms with E-state index in [0.717, 1.165) is 17.5 Å². The van der Waals surface area contributed by atoms with Crippen LogP contribution in [0.3, 0.4) is 0 Å². The zero-order chi connectivity index (χ0) is 24.7. The highest BCUT2D eigenvalue weighted by molar-refractivity contribution is 6.32. The number of carbonyl (C=O) groups is 3. The molecule has 0 radical (unpaired) electrons. The Hall–Kier alpha value is -3.90. The molecule has 0 aliphatic carbocycles. The molecule has 35 heavy (non-hydrogen) atoms. The number of nitrogens with one attached hydrogen (secondary N) is 1. The lowest BCUT2D eigenvalue weighted by atomic mass is 9.92. The van der Waals surface area contributed by atoms with E-state index in [1.54, 1.807) is 36.4 Å². The molecule has 7 heteroatoms. The summed E-state index contributed by atoms with van der Waals surface area (Å²) in [4.78, 5) is 43.0. The molecule has 0 saturated carbocycles. The van der Waals surface area contributed by atoms with Crippen LogP contribution in [-0.2, 0) is 17.8 Å². The molecule has 4 aromatic rings. The number of carbonyl (C=O) groups excluding carboxylic acids is 3. The summed E-state index contributed by atoms with van der Waals surface area (Å²) < 4.78 is 1.34. The Bertz CT molecular complexity index is 1460. The maximum atomic E-state index is 14.1. The molecule has 2 heterocycles. The molecule has 3 aromatic carbocycles. The second-order valence-electron chi connectivity index (χ2n) is 8.77. The Morgan fingerprint density at radius 1 is 0.943 bits per heavy atom. The van der Waals surface area contributed by atoms with Crippen molar-refractivity contribution in [2.45, 2.75) is 32.4 Å². The van der Waals surface area contributed by atoms with Gasteiger partial charge in [-0.1, -0.05) is 61.0 Å². The van der Waals surface area contributed by atoms with Gasteiger partial charge in [-0.2, -0.15) is 0 Å². The maximum absolute atomic E-state index is 14.1. The van der Waals surface area contributed by atoms with Gasteiger partial charge in [0.25, 0.3) is 17.7 Å². The van der Waals surface area contributed by atoms with Crippen LogP contribution in [0, 0.1) is 0 Å². The molecule has 0 saturated heterocycles. The molecule has 176 valence electrons. The number of hydrogen-bond acceptors (Lipinski definition) is 3. The summed E-state index contributed by atoms with van der Waals surface area (Å²) in [6.07, 6.45) is 0.830. The predicted molar refractivity (Wildman–Crippen MR) is 137 cm³/mol. The van der Waals surface area contributed by atoms with Crippen LogP contribution in [0.5, 0.6) is 0 Å². The third-order valence-corrected chi connectivity index (χ3v) is 6.83. The monoisotopic (exact) mass is 485 g/mol. The minimum absolute atomic E-state index is 0.195. The number of fused-ring (bicyclic) bond motifs is 3. The summed E-state index contributed by atoms with van der Waals surface area (Å²) in [6.45, 7) is 3.77. The lowest BCUT2D eigenvalue weighted by molar-refractivity contribution is -0.124. The fourth-order valence-corrected chi connectivity index (χ4v) is 4.78. The molecule has 0 spiro atoms. The van der Waals surface area contributed by atoms with E-state index in [1.165, 1.54) is 16.4 Å². The van der Waals surface area contributed by atoms with Crippen LogP contribution in [0.15, 0.2) is 78.9 Å². The SMILES string of the molecule is CCc1ccc(N2C(=O)c3cc4cc(Cl)ccc4n3C(=O)C2(C)C(=O)NCc2ccccc2)cc1. The second-order valence-corrected chi connectivity index (χ2v) is 9.21. The smallest absolute Gasteiger partial charge is 0.276 e. The third-order valence-electron chi connectivity index (χ3n) is 6.59. The van der Waals surface area contributed by atoms with Crippen LogP contribution in [0.2, 0.25) is 5.02 Å². The van der Waals surface area contributed by atoms with Gasteiger partial charge in [0.15, 0.2) is 0 Å². The van der Waals surface area contributed by atoms with Crippen molar-refractivity contribution in [3.63, 3.8) is 0 Å². The van der Waals surface area contributed by atoms with Gasteiger partial charge in [0, 0.05) is 22.6 Å². The zero-order valence-corrected chi connectivity index (χ0v) is 20.2. The molecule has 0 bridgehead atoms. The van der Waals surface area contributed by atoms with Gasteiger partial charge in [-0.05, 0) is 60.9 Å². The molecule has 1 aliphatic heterocycles. The van der Waals surface area contributed by atoms with Gasteiger partial charge in [0.1, 0.15) is 5.69 Å². The third kappa shape index (κ3) is 3.70. The molecule has 1 N–H and O–H groups in total. The van der Waals surface area contributed by atoms with Gasteiger partial charge in [-0.15, -0.1) is 0 Å². The van der Waals surface area contributed by atoms with Gasteiger partial charge in [-0.25, -0.2) is 0 Å². The number of hydrogen-bond donors (Lipinski definition) is 1. The highest BCUT2D eigenvalue weighted by Crippen LogP contribution is 2.36. The normalized spacial score (nSPS) is 17.5. The van der Waals surface area contributed by atoms with Crippen molar-refractivity contribution in [1.29, 1.82) is 0 Å². The summed E-state index contributed by atoms with van der Waals surface area (Å²) in [7, 11) is 0. The number of benzene rings is 3. The van der Waals surface area contributed by atoms with Crippen molar-refractivity contribution in [3.05, 3.63) is 101 Å². The minimum Gasteiger partial charge on any atom is -0.350 e. The molecule has 2 amide bonds. The molecular weight excluding hydrogens is 462 g/mol. The molecule has 1 aromatic heterocycles. The van der Waals surface area contributed by atoms with E-state index < -0.39 is 23.3 Å². The van der Waals surface area contributed by atoms with E-state index in [2.05, 4.69) is 5.32 Å². The van der Waals surface area contributed by atoms with Crippen LogP contribution in [0.25, 0.3) is 10.9 Å². The minimum atomic E-state index is -1.81. The standard InChI is InChI=1S/C28H24ClN3O3/c1-3-18-9-12-22(13-10-18)32-25(33)24-16-20-15-21(29)11-14-23(20)31(24)27(35)28(32,2)26(34)30-17-19-7-5-4-6-8-19/h4-16H,3,17H2,1-2H3,(H,30,34). The summed E-state index contributed by atoms with van der Waals surface area (Å²) in [5, 5.41) is 4.03. The van der Waals surface area contributed by atoms with Crippen LogP contribution < -0.4 is 10.2 Å². The van der Waals surface area contributed by atoms with Gasteiger partial charge >= 0.3 is 0 Å². The molecule has 0 fully saturated rings. The first-order chi connectivity index (χ1) is 16.8. The molecule has 1 atom stereocenters. The average molecular weight is 486 g/mol. The Balaban J connectivity index is 1.65. The second kappa shape index (κ2) is 8.71. The fourth-order valence-electron chi connectivity index (χ4n) is 4.60. The van der Waals surface area contributed by atoms with Gasteiger partial charge in [0.2, 0.25) is 5.54 Å². The molecular formula is C28H24ClN3O3.